The van der Waals surface area contributed by atoms with Gasteiger partial charge in [0, 0.05) is 23.5 Å². The van der Waals surface area contributed by atoms with Crippen molar-refractivity contribution in [3.05, 3.63) is 28.6 Å². The average Bonchev–Trinajstić information content (AvgIpc) is 3.04. The molecular weight excluding hydrogens is 260 g/mol. The van der Waals surface area contributed by atoms with Crippen molar-refractivity contribution >= 4 is 28.2 Å². The number of nitrogens with zero attached hydrogens (tertiary/aromatic N) is 4. The topological polar surface area (TPSA) is 79.4 Å². The van der Waals surface area contributed by atoms with Crippen molar-refractivity contribution in [3.63, 3.8) is 0 Å². The quantitative estimate of drug-likeness (QED) is 0.763. The number of thiazole rings is 1. The number of aryl methyl sites for hydroxylation is 1. The highest BCUT2D eigenvalue weighted by molar-refractivity contribution is 7.11. The van der Waals surface area contributed by atoms with Crippen molar-refractivity contribution < 1.29 is 0 Å². The molecule has 0 radical (unpaired) electrons. The summed E-state index contributed by atoms with van der Waals surface area (Å²) in [7, 11) is 0. The lowest BCUT2D eigenvalue weighted by Crippen LogP contribution is -2.10. The van der Waals surface area contributed by atoms with Crippen molar-refractivity contribution in [1.82, 2.24) is 25.1 Å². The Hall–Kier alpha value is -2.02. The number of hydrogen-bond acceptors (Lipinski definition) is 6. The molecule has 0 fully saturated rings. The molecule has 0 saturated carbocycles. The number of nitrogens with one attached hydrogen (secondary N) is 2. The molecule has 0 spiro atoms. The molecule has 98 valence electrons. The van der Waals surface area contributed by atoms with E-state index in [-0.39, 0.29) is 0 Å². The molecule has 19 heavy (non-hydrogen) atoms. The zero-order valence-corrected chi connectivity index (χ0v) is 11.5. The standard InChI is InChI=1S/C12H14N6S/c1-7(12-14-4-8(2)19-12)3-13-10-9-5-17-18-11(9)16-6-15-10/h4-7H,3H2,1-2H3,(H2,13,15,16,17,18). The molecule has 2 N–H and O–H groups in total. The predicted octanol–water partition coefficient (Wildman–Crippen LogP) is 2.33. The van der Waals surface area contributed by atoms with Gasteiger partial charge in [-0.05, 0) is 6.92 Å². The molecule has 1 unspecified atom stereocenters. The molecule has 1 atom stereocenters. The van der Waals surface area contributed by atoms with E-state index in [9.17, 15) is 0 Å². The van der Waals surface area contributed by atoms with Crippen molar-refractivity contribution in [3.8, 4) is 0 Å². The molecule has 3 aromatic rings. The third kappa shape index (κ3) is 2.41. The molecule has 0 saturated heterocycles. The summed E-state index contributed by atoms with van der Waals surface area (Å²) < 4.78 is 0. The number of rotatable bonds is 4. The normalized spacial score (nSPS) is 12.7. The van der Waals surface area contributed by atoms with Crippen molar-refractivity contribution in [1.29, 1.82) is 0 Å². The maximum atomic E-state index is 4.41. The summed E-state index contributed by atoms with van der Waals surface area (Å²) in [5.74, 6) is 1.15. The van der Waals surface area contributed by atoms with Crippen LogP contribution in [0.4, 0.5) is 5.82 Å². The lowest BCUT2D eigenvalue weighted by Gasteiger charge is -2.10. The van der Waals surface area contributed by atoms with Gasteiger partial charge in [0.1, 0.15) is 12.1 Å². The van der Waals surface area contributed by atoms with E-state index in [2.05, 4.69) is 44.3 Å². The van der Waals surface area contributed by atoms with Crippen LogP contribution >= 0.6 is 11.3 Å². The Morgan fingerprint density at radius 2 is 2.21 bits per heavy atom. The van der Waals surface area contributed by atoms with E-state index in [1.54, 1.807) is 17.5 Å². The summed E-state index contributed by atoms with van der Waals surface area (Å²) in [5.41, 5.74) is 0.746. The average molecular weight is 274 g/mol. The summed E-state index contributed by atoms with van der Waals surface area (Å²) in [6.07, 6.45) is 5.17. The molecule has 0 aliphatic rings. The molecule has 0 amide bonds. The van der Waals surface area contributed by atoms with Gasteiger partial charge < -0.3 is 5.32 Å². The second kappa shape index (κ2) is 4.93. The van der Waals surface area contributed by atoms with Crippen molar-refractivity contribution in [2.45, 2.75) is 19.8 Å². The fraction of sp³-hybridized carbons (Fsp3) is 0.333. The first-order valence-corrected chi connectivity index (χ1v) is 6.86. The largest absolute Gasteiger partial charge is 0.369 e. The zero-order chi connectivity index (χ0) is 13.2. The molecule has 0 aliphatic carbocycles. The first kappa shape index (κ1) is 12.0. The van der Waals surface area contributed by atoms with Gasteiger partial charge in [-0.1, -0.05) is 6.92 Å². The molecule has 3 aromatic heterocycles. The minimum Gasteiger partial charge on any atom is -0.369 e. The minimum absolute atomic E-state index is 0.343. The first-order chi connectivity index (χ1) is 9.24. The smallest absolute Gasteiger partial charge is 0.160 e. The second-order valence-electron chi connectivity index (χ2n) is 4.45. The summed E-state index contributed by atoms with van der Waals surface area (Å²) in [6, 6.07) is 0. The maximum absolute atomic E-state index is 4.41. The van der Waals surface area contributed by atoms with E-state index < -0.39 is 0 Å². The molecule has 0 aromatic carbocycles. The van der Waals surface area contributed by atoms with E-state index in [0.29, 0.717) is 5.92 Å². The van der Waals surface area contributed by atoms with E-state index in [4.69, 9.17) is 0 Å². The Morgan fingerprint density at radius 3 is 3.00 bits per heavy atom. The molecule has 7 heteroatoms. The number of aromatic amines is 1. The fourth-order valence-corrected chi connectivity index (χ4v) is 2.67. The van der Waals surface area contributed by atoms with Crippen LogP contribution in [0.2, 0.25) is 0 Å². The SMILES string of the molecule is Cc1cnc(C(C)CNc2ncnc3[nH]ncc23)s1. The van der Waals surface area contributed by atoms with Gasteiger partial charge >= 0.3 is 0 Å². The highest BCUT2D eigenvalue weighted by atomic mass is 32.1. The van der Waals surface area contributed by atoms with Gasteiger partial charge in [-0.3, -0.25) is 5.10 Å². The Kier molecular flexibility index (Phi) is 3.12. The van der Waals surface area contributed by atoms with Crippen LogP contribution < -0.4 is 5.32 Å². The van der Waals surface area contributed by atoms with Crippen LogP contribution in [-0.4, -0.2) is 31.7 Å². The zero-order valence-electron chi connectivity index (χ0n) is 10.7. The highest BCUT2D eigenvalue weighted by Gasteiger charge is 2.11. The third-order valence-electron chi connectivity index (χ3n) is 2.88. The summed E-state index contributed by atoms with van der Waals surface area (Å²) >= 11 is 1.73. The fourth-order valence-electron chi connectivity index (χ4n) is 1.84. The van der Waals surface area contributed by atoms with Crippen molar-refractivity contribution in [2.24, 2.45) is 0 Å². The maximum Gasteiger partial charge on any atom is 0.160 e. The lowest BCUT2D eigenvalue weighted by molar-refractivity contribution is 0.792. The molecule has 3 heterocycles. The Bertz CT molecular complexity index is 688. The summed E-state index contributed by atoms with van der Waals surface area (Å²) in [6.45, 7) is 5.00. The van der Waals surface area contributed by atoms with Crippen LogP contribution in [-0.2, 0) is 0 Å². The minimum atomic E-state index is 0.343. The molecular formula is C12H14N6S. The number of fused-ring (bicyclic) bond motifs is 1. The highest BCUT2D eigenvalue weighted by Crippen LogP contribution is 2.22. The van der Waals surface area contributed by atoms with Crippen LogP contribution in [0.5, 0.6) is 0 Å². The van der Waals surface area contributed by atoms with Crippen molar-refractivity contribution in [2.75, 3.05) is 11.9 Å². The number of aromatic nitrogens is 5. The van der Waals surface area contributed by atoms with Crippen LogP contribution in [0.1, 0.15) is 22.7 Å². The van der Waals surface area contributed by atoms with Gasteiger partial charge in [0.15, 0.2) is 5.65 Å². The predicted molar refractivity (Wildman–Crippen MR) is 75.4 cm³/mol. The Labute approximate surface area is 114 Å². The van der Waals surface area contributed by atoms with E-state index in [0.717, 1.165) is 28.4 Å². The van der Waals surface area contributed by atoms with Gasteiger partial charge in [0.05, 0.1) is 16.6 Å². The van der Waals surface area contributed by atoms with Gasteiger partial charge in [0.2, 0.25) is 0 Å². The summed E-state index contributed by atoms with van der Waals surface area (Å²) in [4.78, 5) is 14.0. The Balaban J connectivity index is 1.74. The van der Waals surface area contributed by atoms with Crippen LogP contribution in [0.25, 0.3) is 11.0 Å². The number of anilines is 1. The van der Waals surface area contributed by atoms with Gasteiger partial charge in [0.25, 0.3) is 0 Å². The Morgan fingerprint density at radius 1 is 1.32 bits per heavy atom. The molecule has 6 nitrogen and oxygen atoms in total. The number of hydrogen-bond donors (Lipinski definition) is 2. The monoisotopic (exact) mass is 274 g/mol. The van der Waals surface area contributed by atoms with E-state index >= 15 is 0 Å². The van der Waals surface area contributed by atoms with Crippen LogP contribution in [0.3, 0.4) is 0 Å². The molecule has 3 rings (SSSR count). The first-order valence-electron chi connectivity index (χ1n) is 6.04. The van der Waals surface area contributed by atoms with Crippen LogP contribution in [0, 0.1) is 6.92 Å². The third-order valence-corrected chi connectivity index (χ3v) is 4.03. The van der Waals surface area contributed by atoms with Crippen LogP contribution in [0.15, 0.2) is 18.7 Å². The van der Waals surface area contributed by atoms with E-state index in [1.165, 1.54) is 11.2 Å². The molecule has 0 bridgehead atoms. The number of H-pyrrole nitrogens is 1. The molecule has 0 aliphatic heterocycles. The van der Waals surface area contributed by atoms with E-state index in [1.807, 2.05) is 6.20 Å². The van der Waals surface area contributed by atoms with Gasteiger partial charge in [-0.15, -0.1) is 11.3 Å². The van der Waals surface area contributed by atoms with Gasteiger partial charge in [-0.25, -0.2) is 15.0 Å². The summed E-state index contributed by atoms with van der Waals surface area (Å²) in [5, 5.41) is 12.2. The second-order valence-corrected chi connectivity index (χ2v) is 5.71. The lowest BCUT2D eigenvalue weighted by atomic mass is 10.2. The van der Waals surface area contributed by atoms with Gasteiger partial charge in [-0.2, -0.15) is 5.10 Å².